The highest BCUT2D eigenvalue weighted by molar-refractivity contribution is 5.40. The topological polar surface area (TPSA) is 53.2 Å². The average molecular weight is 441 g/mol. The molecule has 0 unspecified atom stereocenters. The lowest BCUT2D eigenvalue weighted by molar-refractivity contribution is 0.291. The summed E-state index contributed by atoms with van der Waals surface area (Å²) in [5.74, 6) is 0.812. The Kier molecular flexibility index (Phi) is 6.89. The van der Waals surface area contributed by atoms with Crippen molar-refractivity contribution in [2.24, 2.45) is 0 Å². The molecule has 1 heterocycles. The van der Waals surface area contributed by atoms with E-state index < -0.39 is 0 Å². The highest BCUT2D eigenvalue weighted by Gasteiger charge is 2.11. The fraction of sp³-hybridized carbons (Fsp3) is 0.214. The standard InChI is InChI=1S/C28H28N2O3/c1-21-13-14-26(25(17-21)18-23-9-5-3-6-10-23)33-16-15-29-19-22(2)27(31)30(28(29)32)20-24-11-7-4-8-12-24/h3-14,17,19H,15-16,18,20H2,1-2H3. The van der Waals surface area contributed by atoms with Crippen LogP contribution in [-0.4, -0.2) is 15.7 Å². The number of hydrogen-bond donors (Lipinski definition) is 0. The second-order valence-electron chi connectivity index (χ2n) is 8.29. The smallest absolute Gasteiger partial charge is 0.331 e. The van der Waals surface area contributed by atoms with Crippen molar-refractivity contribution in [2.75, 3.05) is 6.61 Å². The van der Waals surface area contributed by atoms with E-state index in [9.17, 15) is 9.59 Å². The fourth-order valence-corrected chi connectivity index (χ4v) is 3.92. The first-order valence-corrected chi connectivity index (χ1v) is 11.1. The summed E-state index contributed by atoms with van der Waals surface area (Å²) in [5.41, 5.74) is 4.36. The maximum atomic E-state index is 13.0. The van der Waals surface area contributed by atoms with Crippen LogP contribution in [0.1, 0.15) is 27.8 Å². The van der Waals surface area contributed by atoms with Gasteiger partial charge in [0.2, 0.25) is 0 Å². The van der Waals surface area contributed by atoms with Crippen LogP contribution in [0.25, 0.3) is 0 Å². The molecule has 5 nitrogen and oxygen atoms in total. The molecule has 0 aliphatic rings. The van der Waals surface area contributed by atoms with E-state index in [4.69, 9.17) is 4.74 Å². The van der Waals surface area contributed by atoms with Gasteiger partial charge in [0.05, 0.1) is 13.1 Å². The van der Waals surface area contributed by atoms with Crippen molar-refractivity contribution in [1.82, 2.24) is 9.13 Å². The van der Waals surface area contributed by atoms with Crippen LogP contribution in [0, 0.1) is 13.8 Å². The largest absolute Gasteiger partial charge is 0.491 e. The van der Waals surface area contributed by atoms with Crippen molar-refractivity contribution in [1.29, 1.82) is 0 Å². The molecule has 0 saturated carbocycles. The van der Waals surface area contributed by atoms with Crippen molar-refractivity contribution in [3.8, 4) is 5.75 Å². The fourth-order valence-electron chi connectivity index (χ4n) is 3.92. The van der Waals surface area contributed by atoms with Crippen LogP contribution in [0.15, 0.2) is 94.6 Å². The average Bonchev–Trinajstić information content (AvgIpc) is 2.83. The first-order chi connectivity index (χ1) is 16.0. The van der Waals surface area contributed by atoms with E-state index in [1.165, 1.54) is 15.7 Å². The number of hydrogen-bond acceptors (Lipinski definition) is 3. The summed E-state index contributed by atoms with van der Waals surface area (Å²) in [5, 5.41) is 0. The molecule has 0 saturated heterocycles. The minimum Gasteiger partial charge on any atom is -0.491 e. The van der Waals surface area contributed by atoms with Gasteiger partial charge in [0.1, 0.15) is 12.4 Å². The van der Waals surface area contributed by atoms with Crippen LogP contribution in [0.4, 0.5) is 0 Å². The highest BCUT2D eigenvalue weighted by atomic mass is 16.5. The van der Waals surface area contributed by atoms with Gasteiger partial charge in [0, 0.05) is 18.2 Å². The second-order valence-corrected chi connectivity index (χ2v) is 8.29. The lowest BCUT2D eigenvalue weighted by Crippen LogP contribution is -2.41. The third kappa shape index (κ3) is 5.50. The first-order valence-electron chi connectivity index (χ1n) is 11.1. The number of benzene rings is 3. The Bertz CT molecular complexity index is 1340. The summed E-state index contributed by atoms with van der Waals surface area (Å²) in [6.07, 6.45) is 2.40. The zero-order chi connectivity index (χ0) is 23.2. The molecule has 33 heavy (non-hydrogen) atoms. The Morgan fingerprint density at radius 1 is 0.818 bits per heavy atom. The molecule has 4 aromatic rings. The summed E-state index contributed by atoms with van der Waals surface area (Å²) in [4.78, 5) is 25.6. The normalized spacial score (nSPS) is 10.8. The summed E-state index contributed by atoms with van der Waals surface area (Å²) in [6.45, 7) is 4.73. The summed E-state index contributed by atoms with van der Waals surface area (Å²) in [6, 6.07) is 26.0. The minimum atomic E-state index is -0.327. The molecule has 168 valence electrons. The lowest BCUT2D eigenvalue weighted by Gasteiger charge is -2.15. The molecule has 0 amide bonds. The lowest BCUT2D eigenvalue weighted by atomic mass is 10.0. The number of nitrogens with zero attached hydrogens (tertiary/aromatic N) is 2. The molecule has 0 N–H and O–H groups in total. The Labute approximate surface area is 193 Å². The molecule has 0 bridgehead atoms. The highest BCUT2D eigenvalue weighted by Crippen LogP contribution is 2.23. The van der Waals surface area contributed by atoms with E-state index in [-0.39, 0.29) is 17.8 Å². The van der Waals surface area contributed by atoms with E-state index in [0.717, 1.165) is 23.3 Å². The van der Waals surface area contributed by atoms with Crippen LogP contribution >= 0.6 is 0 Å². The first kappa shape index (κ1) is 22.3. The number of rotatable bonds is 8. The predicted octanol–water partition coefficient (Wildman–Crippen LogP) is 4.34. The van der Waals surface area contributed by atoms with Crippen LogP contribution in [0.5, 0.6) is 5.75 Å². The Balaban J connectivity index is 1.51. The summed E-state index contributed by atoms with van der Waals surface area (Å²) >= 11 is 0. The predicted molar refractivity (Wildman–Crippen MR) is 131 cm³/mol. The van der Waals surface area contributed by atoms with Gasteiger partial charge in [0.15, 0.2) is 0 Å². The number of ether oxygens (including phenoxy) is 1. The third-order valence-electron chi connectivity index (χ3n) is 5.64. The quantitative estimate of drug-likeness (QED) is 0.409. The van der Waals surface area contributed by atoms with Crippen molar-refractivity contribution >= 4 is 0 Å². The van der Waals surface area contributed by atoms with Gasteiger partial charge in [-0.3, -0.25) is 13.9 Å². The molecule has 3 aromatic carbocycles. The van der Waals surface area contributed by atoms with Crippen molar-refractivity contribution in [3.63, 3.8) is 0 Å². The minimum absolute atomic E-state index is 0.250. The summed E-state index contributed by atoms with van der Waals surface area (Å²) in [7, 11) is 0. The van der Waals surface area contributed by atoms with Gasteiger partial charge in [-0.1, -0.05) is 78.4 Å². The monoisotopic (exact) mass is 440 g/mol. The Hall–Kier alpha value is -3.86. The maximum Gasteiger partial charge on any atom is 0.331 e. The SMILES string of the molecule is Cc1ccc(OCCn2cc(C)c(=O)n(Cc3ccccc3)c2=O)c(Cc2ccccc2)c1. The van der Waals surface area contributed by atoms with Crippen LogP contribution < -0.4 is 16.0 Å². The third-order valence-corrected chi connectivity index (χ3v) is 5.64. The van der Waals surface area contributed by atoms with Gasteiger partial charge in [0.25, 0.3) is 5.56 Å². The maximum absolute atomic E-state index is 13.0. The van der Waals surface area contributed by atoms with Crippen LogP contribution in [0.3, 0.4) is 0 Å². The van der Waals surface area contributed by atoms with E-state index in [2.05, 4.69) is 25.1 Å². The van der Waals surface area contributed by atoms with Gasteiger partial charge in [-0.15, -0.1) is 0 Å². The summed E-state index contributed by atoms with van der Waals surface area (Å²) < 4.78 is 8.95. The number of aryl methyl sites for hydroxylation is 2. The van der Waals surface area contributed by atoms with Gasteiger partial charge in [-0.25, -0.2) is 4.79 Å². The molecule has 5 heteroatoms. The van der Waals surface area contributed by atoms with Gasteiger partial charge in [-0.05, 0) is 36.6 Å². The Morgan fingerprint density at radius 3 is 2.18 bits per heavy atom. The van der Waals surface area contributed by atoms with Crippen molar-refractivity contribution < 1.29 is 4.74 Å². The molecular formula is C28H28N2O3. The van der Waals surface area contributed by atoms with Crippen LogP contribution in [0.2, 0.25) is 0 Å². The van der Waals surface area contributed by atoms with Gasteiger partial charge >= 0.3 is 5.69 Å². The molecule has 0 atom stereocenters. The second kappa shape index (κ2) is 10.2. The van der Waals surface area contributed by atoms with Crippen LogP contribution in [-0.2, 0) is 19.5 Å². The molecule has 4 rings (SSSR count). The Morgan fingerprint density at radius 2 is 1.48 bits per heavy atom. The van der Waals surface area contributed by atoms with Crippen molar-refractivity contribution in [3.05, 3.63) is 134 Å². The van der Waals surface area contributed by atoms with E-state index in [1.807, 2.05) is 60.7 Å². The van der Waals surface area contributed by atoms with Gasteiger partial charge in [-0.2, -0.15) is 0 Å². The number of aromatic nitrogens is 2. The van der Waals surface area contributed by atoms with Gasteiger partial charge < -0.3 is 4.74 Å². The van der Waals surface area contributed by atoms with E-state index >= 15 is 0 Å². The molecule has 0 spiro atoms. The molecule has 0 aliphatic carbocycles. The van der Waals surface area contributed by atoms with E-state index in [1.54, 1.807) is 17.7 Å². The zero-order valence-electron chi connectivity index (χ0n) is 19.0. The molecular weight excluding hydrogens is 412 g/mol. The molecule has 0 radical (unpaired) electrons. The zero-order valence-corrected chi connectivity index (χ0v) is 19.0. The molecule has 0 fully saturated rings. The molecule has 1 aromatic heterocycles. The molecule has 0 aliphatic heterocycles. The van der Waals surface area contributed by atoms with Crippen molar-refractivity contribution in [2.45, 2.75) is 33.4 Å². The van der Waals surface area contributed by atoms with E-state index in [0.29, 0.717) is 18.7 Å².